The molecule has 0 N–H and O–H groups in total. The smallest absolute Gasteiger partial charge is 0.137 e. The lowest BCUT2D eigenvalue weighted by molar-refractivity contribution is -0.277. The van der Waals surface area contributed by atoms with Crippen molar-refractivity contribution < 1.29 is 9.90 Å². The molecule has 3 heterocycles. The molecule has 176 valence electrons. The van der Waals surface area contributed by atoms with E-state index in [1.807, 2.05) is 0 Å². The molecular weight excluding hydrogens is 408 g/mol. The van der Waals surface area contributed by atoms with E-state index in [2.05, 4.69) is 75.1 Å². The van der Waals surface area contributed by atoms with Crippen LogP contribution in [-0.4, -0.2) is 41.6 Å². The fraction of sp³-hybridized carbons (Fsp3) is 0.552. The van der Waals surface area contributed by atoms with Crippen LogP contribution in [0.15, 0.2) is 42.5 Å². The first kappa shape index (κ1) is 22.5. The van der Waals surface area contributed by atoms with Gasteiger partial charge in [0.05, 0.1) is 6.04 Å². The maximum atomic E-state index is 12.6. The Hall–Kier alpha value is -2.33. The molecule has 6 rings (SSSR count). The number of carboxylic acid groups (broad SMARTS) is 1. The van der Waals surface area contributed by atoms with E-state index in [1.54, 1.807) is 4.90 Å². The number of piperidine rings is 3. The summed E-state index contributed by atoms with van der Waals surface area (Å²) in [4.78, 5) is 16.8. The van der Waals surface area contributed by atoms with E-state index in [9.17, 15) is 9.90 Å². The lowest BCUT2D eigenvalue weighted by Crippen LogP contribution is -2.63. The number of aryl methyl sites for hydroxylation is 1. The summed E-state index contributed by atoms with van der Waals surface area (Å²) in [6, 6.07) is 15.4. The van der Waals surface area contributed by atoms with Crippen molar-refractivity contribution in [3.05, 3.63) is 59.2 Å². The third kappa shape index (κ3) is 4.07. The van der Waals surface area contributed by atoms with Crippen LogP contribution < -0.4 is 5.11 Å². The second-order valence-electron chi connectivity index (χ2n) is 11.5. The molecule has 3 fully saturated rings. The number of amides is 1. The molecular formula is C29H37N2O2-. The Bertz CT molecular complexity index is 1020. The van der Waals surface area contributed by atoms with E-state index < -0.39 is 6.09 Å². The maximum Gasteiger partial charge on any atom is 0.137 e. The second kappa shape index (κ2) is 8.47. The summed E-state index contributed by atoms with van der Waals surface area (Å²) in [5, 5.41) is 12.6. The minimum Gasteiger partial charge on any atom is -0.530 e. The van der Waals surface area contributed by atoms with Crippen LogP contribution in [0, 0.1) is 11.3 Å². The molecule has 3 saturated heterocycles. The number of hydrogen-bond donors (Lipinski definition) is 0. The highest BCUT2D eigenvalue weighted by Crippen LogP contribution is 2.50. The molecule has 2 aromatic carbocycles. The molecule has 1 amide bonds. The molecule has 4 heteroatoms. The first-order valence-corrected chi connectivity index (χ1v) is 12.7. The lowest BCUT2D eigenvalue weighted by atomic mass is 9.68. The SMILES string of the molecule is CC(C)c1ccc(-c2ccc3c(c2)CCC(C)(C)[C@H]3N(C(=O)[O-])[C@@H]2CN3CCC2CC3)cc1. The average Bonchev–Trinajstić information content (AvgIpc) is 2.81. The van der Waals surface area contributed by atoms with Crippen LogP contribution >= 0.6 is 0 Å². The van der Waals surface area contributed by atoms with E-state index >= 15 is 0 Å². The Kier molecular flexibility index (Phi) is 5.76. The Morgan fingerprint density at radius 2 is 1.73 bits per heavy atom. The third-order valence-corrected chi connectivity index (χ3v) is 8.60. The van der Waals surface area contributed by atoms with Gasteiger partial charge in [0.15, 0.2) is 0 Å². The number of nitrogens with zero attached hydrogens (tertiary/aromatic N) is 2. The first-order chi connectivity index (χ1) is 15.7. The standard InChI is InChI=1S/C29H38N2O2/c1-19(2)20-5-7-21(8-6-20)23-9-10-25-24(17-23)11-14-29(3,4)27(25)31(28(32)33)26-18-30-15-12-22(26)13-16-30/h5-10,17,19,22,26-27H,11-16,18H2,1-4H3,(H,32,33)/p-1/t26-,27+/m1/s1. The summed E-state index contributed by atoms with van der Waals surface area (Å²) in [5.41, 5.74) is 6.12. The number of benzene rings is 2. The van der Waals surface area contributed by atoms with Gasteiger partial charge in [0.2, 0.25) is 0 Å². The van der Waals surface area contributed by atoms with Gasteiger partial charge in [0.1, 0.15) is 6.09 Å². The Morgan fingerprint density at radius 1 is 1.06 bits per heavy atom. The van der Waals surface area contributed by atoms with Crippen molar-refractivity contribution in [2.24, 2.45) is 11.3 Å². The first-order valence-electron chi connectivity index (χ1n) is 12.7. The normalized spacial score (nSPS) is 27.9. The minimum absolute atomic E-state index is 0.0379. The second-order valence-corrected chi connectivity index (χ2v) is 11.5. The Labute approximate surface area is 198 Å². The van der Waals surface area contributed by atoms with E-state index in [0.717, 1.165) is 45.3 Å². The molecule has 4 aliphatic rings. The molecule has 33 heavy (non-hydrogen) atoms. The monoisotopic (exact) mass is 445 g/mol. The predicted molar refractivity (Wildman–Crippen MR) is 131 cm³/mol. The van der Waals surface area contributed by atoms with Crippen molar-refractivity contribution in [2.75, 3.05) is 19.6 Å². The van der Waals surface area contributed by atoms with Crippen LogP contribution in [0.4, 0.5) is 4.79 Å². The molecule has 1 aliphatic carbocycles. The van der Waals surface area contributed by atoms with Gasteiger partial charge in [0, 0.05) is 12.6 Å². The van der Waals surface area contributed by atoms with Gasteiger partial charge >= 0.3 is 0 Å². The molecule has 2 aromatic rings. The summed E-state index contributed by atoms with van der Waals surface area (Å²) in [6.07, 6.45) is 3.15. The van der Waals surface area contributed by atoms with Crippen LogP contribution in [0.1, 0.15) is 75.6 Å². The van der Waals surface area contributed by atoms with Gasteiger partial charge in [0.25, 0.3) is 0 Å². The lowest BCUT2D eigenvalue weighted by Gasteiger charge is -2.56. The van der Waals surface area contributed by atoms with Gasteiger partial charge in [-0.3, -0.25) is 0 Å². The largest absolute Gasteiger partial charge is 0.530 e. The zero-order chi connectivity index (χ0) is 23.3. The van der Waals surface area contributed by atoms with E-state index in [0.29, 0.717) is 11.8 Å². The molecule has 4 nitrogen and oxygen atoms in total. The number of carbonyl (C=O) groups excluding carboxylic acids is 1. The van der Waals surface area contributed by atoms with E-state index in [1.165, 1.54) is 27.8 Å². The van der Waals surface area contributed by atoms with Crippen LogP contribution in [0.2, 0.25) is 0 Å². The van der Waals surface area contributed by atoms with Crippen molar-refractivity contribution in [3.63, 3.8) is 0 Å². The number of carbonyl (C=O) groups is 1. The Balaban J connectivity index is 1.51. The third-order valence-electron chi connectivity index (χ3n) is 8.60. The molecule has 0 saturated carbocycles. The average molecular weight is 446 g/mol. The van der Waals surface area contributed by atoms with Crippen molar-refractivity contribution in [1.82, 2.24) is 9.80 Å². The van der Waals surface area contributed by atoms with Crippen molar-refractivity contribution in [3.8, 4) is 11.1 Å². The van der Waals surface area contributed by atoms with Crippen LogP contribution in [-0.2, 0) is 6.42 Å². The predicted octanol–water partition coefficient (Wildman–Crippen LogP) is 5.23. The van der Waals surface area contributed by atoms with Gasteiger partial charge in [-0.1, -0.05) is 70.2 Å². The van der Waals surface area contributed by atoms with E-state index in [-0.39, 0.29) is 17.5 Å². The molecule has 0 unspecified atom stereocenters. The van der Waals surface area contributed by atoms with Crippen LogP contribution in [0.3, 0.4) is 0 Å². The van der Waals surface area contributed by atoms with Crippen molar-refractivity contribution in [1.29, 1.82) is 0 Å². The number of hydrogen-bond acceptors (Lipinski definition) is 3. The van der Waals surface area contributed by atoms with Gasteiger partial charge < -0.3 is 19.7 Å². The van der Waals surface area contributed by atoms with E-state index in [4.69, 9.17) is 0 Å². The maximum absolute atomic E-state index is 12.6. The van der Waals surface area contributed by atoms with Gasteiger partial charge in [-0.2, -0.15) is 0 Å². The zero-order valence-corrected chi connectivity index (χ0v) is 20.5. The minimum atomic E-state index is -1.01. The highest BCUT2D eigenvalue weighted by molar-refractivity contribution is 5.68. The summed E-state index contributed by atoms with van der Waals surface area (Å²) in [7, 11) is 0. The molecule has 3 aliphatic heterocycles. The number of fused-ring (bicyclic) bond motifs is 4. The van der Waals surface area contributed by atoms with Crippen molar-refractivity contribution in [2.45, 2.75) is 71.4 Å². The molecule has 0 spiro atoms. The highest BCUT2D eigenvalue weighted by atomic mass is 16.4. The van der Waals surface area contributed by atoms with Crippen LogP contribution in [0.5, 0.6) is 0 Å². The molecule has 2 bridgehead atoms. The zero-order valence-electron chi connectivity index (χ0n) is 20.5. The topological polar surface area (TPSA) is 46.6 Å². The molecule has 2 atom stereocenters. The van der Waals surface area contributed by atoms with Gasteiger partial charge in [-0.05, 0) is 83.8 Å². The molecule has 0 aromatic heterocycles. The summed E-state index contributed by atoms with van der Waals surface area (Å²) in [6.45, 7) is 12.0. The molecule has 0 radical (unpaired) electrons. The van der Waals surface area contributed by atoms with Crippen LogP contribution in [0.25, 0.3) is 11.1 Å². The number of rotatable bonds is 4. The Morgan fingerprint density at radius 3 is 2.30 bits per heavy atom. The van der Waals surface area contributed by atoms with Gasteiger partial charge in [-0.25, -0.2) is 0 Å². The highest BCUT2D eigenvalue weighted by Gasteiger charge is 2.46. The fourth-order valence-corrected chi connectivity index (χ4v) is 6.55. The quantitative estimate of drug-likeness (QED) is 0.647. The fourth-order valence-electron chi connectivity index (χ4n) is 6.55. The summed E-state index contributed by atoms with van der Waals surface area (Å²) in [5.74, 6) is 0.973. The van der Waals surface area contributed by atoms with Gasteiger partial charge in [-0.15, -0.1) is 0 Å². The van der Waals surface area contributed by atoms with Crippen molar-refractivity contribution >= 4 is 6.09 Å². The summed E-state index contributed by atoms with van der Waals surface area (Å²) < 4.78 is 0. The summed E-state index contributed by atoms with van der Waals surface area (Å²) >= 11 is 0.